The number of nitrogens with zero attached hydrogens (tertiary/aromatic N) is 2. The van der Waals surface area contributed by atoms with Crippen LogP contribution in [0.25, 0.3) is 0 Å². The van der Waals surface area contributed by atoms with E-state index in [2.05, 4.69) is 10.0 Å². The molecule has 0 aromatic heterocycles. The Balaban J connectivity index is 1.38. The monoisotopic (exact) mass is 710 g/mol. The van der Waals surface area contributed by atoms with Crippen molar-refractivity contribution in [3.05, 3.63) is 72.3 Å². The number of carbonyl (C=O) groups is 2. The molecule has 0 bridgehead atoms. The fourth-order valence-electron chi connectivity index (χ4n) is 5.81. The molecule has 3 aromatic rings. The van der Waals surface area contributed by atoms with Gasteiger partial charge in [0.05, 0.1) is 35.3 Å². The third kappa shape index (κ3) is 9.17. The molecule has 50 heavy (non-hydrogen) atoms. The van der Waals surface area contributed by atoms with Crippen molar-refractivity contribution < 1.29 is 42.1 Å². The van der Waals surface area contributed by atoms with Crippen molar-refractivity contribution in [2.45, 2.75) is 63.2 Å². The summed E-state index contributed by atoms with van der Waals surface area (Å²) in [6.07, 6.45) is 1.54. The number of nitrogens with one attached hydrogen (secondary N) is 2. The quantitative estimate of drug-likeness (QED) is 0.287. The molecule has 2 aliphatic rings. The van der Waals surface area contributed by atoms with E-state index in [1.807, 2.05) is 13.8 Å². The van der Waals surface area contributed by atoms with Gasteiger partial charge in [-0.2, -0.15) is 0 Å². The molecular weight excluding hydrogens is 664 g/mol. The summed E-state index contributed by atoms with van der Waals surface area (Å²) in [5, 5.41) is 13.1. The fraction of sp³-hybridized carbons (Fsp3) is 0.444. The number of benzene rings is 3. The predicted molar refractivity (Wildman–Crippen MR) is 188 cm³/mol. The van der Waals surface area contributed by atoms with E-state index in [9.17, 15) is 23.1 Å². The summed E-state index contributed by atoms with van der Waals surface area (Å²) < 4.78 is 52.3. The number of urea groups is 1. The summed E-state index contributed by atoms with van der Waals surface area (Å²) in [4.78, 5) is 30.8. The van der Waals surface area contributed by atoms with Crippen molar-refractivity contribution >= 4 is 33.3 Å². The lowest BCUT2D eigenvalue weighted by Crippen LogP contribution is -2.48. The highest BCUT2D eigenvalue weighted by Crippen LogP contribution is 2.34. The van der Waals surface area contributed by atoms with Gasteiger partial charge in [0.15, 0.2) is 11.5 Å². The molecule has 2 heterocycles. The molecule has 0 fully saturated rings. The second-order valence-corrected chi connectivity index (χ2v) is 14.5. The molecule has 3 N–H and O–H groups in total. The molecule has 2 aliphatic heterocycles. The fourth-order valence-corrected chi connectivity index (χ4v) is 6.88. The van der Waals surface area contributed by atoms with Gasteiger partial charge >= 0.3 is 6.03 Å². The van der Waals surface area contributed by atoms with E-state index in [0.717, 1.165) is 12.8 Å². The summed E-state index contributed by atoms with van der Waals surface area (Å²) in [5.74, 6) is 0.768. The standard InChI is InChI=1S/C36H46N4O9S/c1-24-20-40(25(2)22-41)35(42)30-18-28(38-50(44,45)29-11-6-5-7-12-29)14-15-31(30)49-26(3)10-8-9-17-46-34(24)21-39(4)36(43)37-27-13-16-32-33(19-27)48-23-47-32/h5-7,11-16,18-19,24-26,34,38,41H,8-10,17,20-23H2,1-4H3,(H,37,43)/t24-,25-,26+,34+/m0/s1. The third-order valence-electron chi connectivity index (χ3n) is 8.78. The molecule has 0 saturated carbocycles. The van der Waals surface area contributed by atoms with Crippen LogP contribution in [0.4, 0.5) is 16.2 Å². The number of aliphatic hydroxyl groups is 1. The zero-order valence-corrected chi connectivity index (χ0v) is 29.6. The summed E-state index contributed by atoms with van der Waals surface area (Å²) in [7, 11) is -2.25. The lowest BCUT2D eigenvalue weighted by atomic mass is 10.0. The number of anilines is 2. The maximum atomic E-state index is 14.4. The number of amides is 3. The minimum absolute atomic E-state index is 0.0845. The van der Waals surface area contributed by atoms with E-state index in [-0.39, 0.29) is 60.7 Å². The molecule has 0 spiro atoms. The van der Waals surface area contributed by atoms with Crippen LogP contribution in [0.15, 0.2) is 71.6 Å². The smallest absolute Gasteiger partial charge is 0.321 e. The van der Waals surface area contributed by atoms with Gasteiger partial charge in [0.2, 0.25) is 6.79 Å². The molecule has 5 rings (SSSR count). The van der Waals surface area contributed by atoms with E-state index >= 15 is 0 Å². The molecule has 13 nitrogen and oxygen atoms in total. The first-order valence-electron chi connectivity index (χ1n) is 16.8. The van der Waals surface area contributed by atoms with Crippen molar-refractivity contribution in [2.75, 3.05) is 50.2 Å². The van der Waals surface area contributed by atoms with E-state index in [1.165, 1.54) is 23.1 Å². The van der Waals surface area contributed by atoms with Crippen LogP contribution in [-0.2, 0) is 14.8 Å². The van der Waals surface area contributed by atoms with Gasteiger partial charge in [-0.25, -0.2) is 13.2 Å². The predicted octanol–water partition coefficient (Wildman–Crippen LogP) is 5.18. The minimum atomic E-state index is -3.93. The molecule has 3 aromatic carbocycles. The van der Waals surface area contributed by atoms with Crippen LogP contribution in [0.1, 0.15) is 50.4 Å². The van der Waals surface area contributed by atoms with E-state index < -0.39 is 28.1 Å². The van der Waals surface area contributed by atoms with Crippen LogP contribution >= 0.6 is 0 Å². The second kappa shape index (κ2) is 16.5. The lowest BCUT2D eigenvalue weighted by molar-refractivity contribution is -0.0115. The molecule has 4 atom stereocenters. The SMILES string of the molecule is C[C@@H]1CCCCO[C@H](CN(C)C(=O)Nc2ccc3c(c2)OCO3)[C@@H](C)CN([C@@H](C)CO)C(=O)c2cc(NS(=O)(=O)c3ccccc3)ccc2O1. The summed E-state index contributed by atoms with van der Waals surface area (Å²) >= 11 is 0. The molecule has 0 aliphatic carbocycles. The summed E-state index contributed by atoms with van der Waals surface area (Å²) in [5.41, 5.74) is 0.909. The molecule has 0 radical (unpaired) electrons. The van der Waals surface area contributed by atoms with Gasteiger partial charge in [0, 0.05) is 50.1 Å². The van der Waals surface area contributed by atoms with Gasteiger partial charge < -0.3 is 39.2 Å². The van der Waals surface area contributed by atoms with E-state index in [1.54, 1.807) is 67.4 Å². The number of fused-ring (bicyclic) bond motifs is 2. The normalized spacial score (nSPS) is 20.5. The average Bonchev–Trinajstić information content (AvgIpc) is 3.57. The molecule has 3 amide bonds. The Morgan fingerprint density at radius 2 is 1.72 bits per heavy atom. The molecule has 0 unspecified atom stereocenters. The second-order valence-electron chi connectivity index (χ2n) is 12.8. The van der Waals surface area contributed by atoms with E-state index in [4.69, 9.17) is 18.9 Å². The Hall–Kier alpha value is -4.53. The lowest BCUT2D eigenvalue weighted by Gasteiger charge is -2.35. The Bertz CT molecular complexity index is 1740. The Morgan fingerprint density at radius 1 is 1.00 bits per heavy atom. The number of sulfonamides is 1. The zero-order valence-electron chi connectivity index (χ0n) is 28.8. The van der Waals surface area contributed by atoms with Gasteiger partial charge in [-0.15, -0.1) is 0 Å². The van der Waals surface area contributed by atoms with Crippen LogP contribution in [0.5, 0.6) is 17.2 Å². The van der Waals surface area contributed by atoms with Gasteiger partial charge in [-0.1, -0.05) is 25.1 Å². The summed E-state index contributed by atoms with van der Waals surface area (Å²) in [6, 6.07) is 16.8. The van der Waals surface area contributed by atoms with Crippen molar-refractivity contribution in [3.8, 4) is 17.2 Å². The molecule has 14 heteroatoms. The van der Waals surface area contributed by atoms with Crippen molar-refractivity contribution in [1.82, 2.24) is 9.80 Å². The van der Waals surface area contributed by atoms with Crippen molar-refractivity contribution in [2.24, 2.45) is 5.92 Å². The Kier molecular flexibility index (Phi) is 12.1. The molecule has 0 saturated heterocycles. The topological polar surface area (TPSA) is 156 Å². The number of hydrogen-bond acceptors (Lipinski definition) is 9. The molecule has 270 valence electrons. The largest absolute Gasteiger partial charge is 0.490 e. The van der Waals surface area contributed by atoms with E-state index in [0.29, 0.717) is 36.0 Å². The first-order valence-corrected chi connectivity index (χ1v) is 18.3. The van der Waals surface area contributed by atoms with Crippen LogP contribution in [0, 0.1) is 5.92 Å². The van der Waals surface area contributed by atoms with Crippen LogP contribution in [0.2, 0.25) is 0 Å². The highest BCUT2D eigenvalue weighted by Gasteiger charge is 2.31. The number of carbonyl (C=O) groups excluding carboxylic acids is 2. The first kappa shape index (κ1) is 36.7. The van der Waals surface area contributed by atoms with Crippen molar-refractivity contribution in [1.29, 1.82) is 0 Å². The minimum Gasteiger partial charge on any atom is -0.490 e. The highest BCUT2D eigenvalue weighted by atomic mass is 32.2. The maximum absolute atomic E-state index is 14.4. The van der Waals surface area contributed by atoms with Crippen LogP contribution in [-0.4, -0.2) is 93.7 Å². The number of rotatable bonds is 8. The highest BCUT2D eigenvalue weighted by molar-refractivity contribution is 7.92. The van der Waals surface area contributed by atoms with Gasteiger partial charge in [0.25, 0.3) is 15.9 Å². The number of aliphatic hydroxyl groups excluding tert-OH is 1. The van der Waals surface area contributed by atoms with Crippen molar-refractivity contribution in [3.63, 3.8) is 0 Å². The number of hydrogen-bond donors (Lipinski definition) is 3. The first-order chi connectivity index (χ1) is 23.9. The average molecular weight is 711 g/mol. The van der Waals surface area contributed by atoms with Crippen LogP contribution < -0.4 is 24.2 Å². The van der Waals surface area contributed by atoms with Gasteiger partial charge in [-0.3, -0.25) is 9.52 Å². The number of ether oxygens (including phenoxy) is 4. The summed E-state index contributed by atoms with van der Waals surface area (Å²) in [6.45, 7) is 6.27. The molecular formula is C36H46N4O9S. The van der Waals surface area contributed by atoms with Gasteiger partial charge in [0.1, 0.15) is 5.75 Å². The Morgan fingerprint density at radius 3 is 2.48 bits per heavy atom. The third-order valence-corrected chi connectivity index (χ3v) is 10.2. The zero-order chi connectivity index (χ0) is 35.8. The Labute approximate surface area is 293 Å². The van der Waals surface area contributed by atoms with Crippen LogP contribution in [0.3, 0.4) is 0 Å². The van der Waals surface area contributed by atoms with Gasteiger partial charge in [-0.05, 0) is 75.6 Å². The number of likely N-dealkylation sites (N-methyl/N-ethyl adjacent to an activating group) is 1. The maximum Gasteiger partial charge on any atom is 0.321 e.